The van der Waals surface area contributed by atoms with Crippen LogP contribution in [0.2, 0.25) is 0 Å². The predicted octanol–water partition coefficient (Wildman–Crippen LogP) is 3.87. The molecule has 122 valence electrons. The Labute approximate surface area is 143 Å². The third kappa shape index (κ3) is 2.06. The lowest BCUT2D eigenvalue weighted by atomic mass is 9.99. The Morgan fingerprint density at radius 1 is 1.29 bits per heavy atom. The van der Waals surface area contributed by atoms with Gasteiger partial charge in [0, 0.05) is 10.6 Å². The third-order valence-corrected chi connectivity index (χ3v) is 5.46. The molecule has 24 heavy (non-hydrogen) atoms. The lowest BCUT2D eigenvalue weighted by Crippen LogP contribution is -2.28. The van der Waals surface area contributed by atoms with Gasteiger partial charge < -0.3 is 10.1 Å². The number of nitrogens with zero attached hydrogens (tertiary/aromatic N) is 2. The molecule has 0 amide bonds. The van der Waals surface area contributed by atoms with E-state index in [0.29, 0.717) is 5.57 Å². The molecule has 0 unspecified atom stereocenters. The van der Waals surface area contributed by atoms with Gasteiger partial charge in [-0.1, -0.05) is 12.1 Å². The van der Waals surface area contributed by atoms with Gasteiger partial charge in [0.05, 0.1) is 23.7 Å². The van der Waals surface area contributed by atoms with Crippen molar-refractivity contribution >= 4 is 34.3 Å². The first-order valence-electron chi connectivity index (χ1n) is 7.69. The lowest BCUT2D eigenvalue weighted by Gasteiger charge is -2.29. The number of para-hydroxylation sites is 2. The molecule has 0 radical (unpaired) electrons. The number of anilines is 1. The minimum absolute atomic E-state index is 0.235. The van der Waals surface area contributed by atoms with E-state index in [0.717, 1.165) is 33.1 Å². The summed E-state index contributed by atoms with van der Waals surface area (Å²) in [4.78, 5) is 18.3. The fourth-order valence-electron chi connectivity index (χ4n) is 3.25. The number of imidazole rings is 1. The third-order valence-electron chi connectivity index (χ3n) is 4.39. The topological polar surface area (TPSA) is 56.1 Å². The van der Waals surface area contributed by atoms with E-state index in [-0.39, 0.29) is 12.0 Å². The van der Waals surface area contributed by atoms with Gasteiger partial charge in [0.25, 0.3) is 0 Å². The second kappa shape index (κ2) is 5.49. The Balaban J connectivity index is 2.04. The summed E-state index contributed by atoms with van der Waals surface area (Å²) >= 11 is 1.65. The molecule has 4 rings (SSSR count). The van der Waals surface area contributed by atoms with Crippen molar-refractivity contribution in [3.8, 4) is 0 Å². The summed E-state index contributed by atoms with van der Waals surface area (Å²) in [7, 11) is 1.42. The number of carbonyl (C=O) groups is 1. The molecule has 0 spiro atoms. The first-order valence-corrected chi connectivity index (χ1v) is 8.57. The Kier molecular flexibility index (Phi) is 3.42. The van der Waals surface area contributed by atoms with Gasteiger partial charge in [-0.2, -0.15) is 0 Å². The van der Waals surface area contributed by atoms with Gasteiger partial charge in [-0.3, -0.25) is 4.57 Å². The van der Waals surface area contributed by atoms with Gasteiger partial charge in [0.15, 0.2) is 0 Å². The fourth-order valence-corrected chi connectivity index (χ4v) is 4.28. The normalized spacial score (nSPS) is 16.9. The summed E-state index contributed by atoms with van der Waals surface area (Å²) in [6, 6.07) is 9.80. The quantitative estimate of drug-likeness (QED) is 0.720. The summed E-state index contributed by atoms with van der Waals surface area (Å²) in [5, 5.41) is 5.31. The molecular weight excluding hydrogens is 322 g/mol. The minimum atomic E-state index is -0.318. The lowest BCUT2D eigenvalue weighted by molar-refractivity contribution is -0.136. The average Bonchev–Trinajstić information content (AvgIpc) is 3.15. The number of fused-ring (bicyclic) bond motifs is 3. The molecule has 5 nitrogen and oxygen atoms in total. The number of aryl methyl sites for hydroxylation is 1. The Morgan fingerprint density at radius 2 is 2.08 bits per heavy atom. The molecule has 2 aromatic heterocycles. The summed E-state index contributed by atoms with van der Waals surface area (Å²) in [5.74, 6) is 0.431. The van der Waals surface area contributed by atoms with Crippen LogP contribution in [0.15, 0.2) is 47.0 Å². The number of ether oxygens (including phenoxy) is 1. The molecule has 0 bridgehead atoms. The van der Waals surface area contributed by atoms with Crippen molar-refractivity contribution in [3.05, 3.63) is 57.4 Å². The summed E-state index contributed by atoms with van der Waals surface area (Å²) < 4.78 is 7.16. The monoisotopic (exact) mass is 339 g/mol. The molecule has 6 heteroatoms. The number of methoxy groups -OCH3 is 1. The molecule has 3 heterocycles. The van der Waals surface area contributed by atoms with Crippen LogP contribution in [0, 0.1) is 6.92 Å². The largest absolute Gasteiger partial charge is 0.466 e. The highest BCUT2D eigenvalue weighted by molar-refractivity contribution is 7.10. The van der Waals surface area contributed by atoms with Crippen LogP contribution in [-0.2, 0) is 9.53 Å². The number of carbonyl (C=O) groups excluding carboxylic acids is 1. The number of esters is 1. The van der Waals surface area contributed by atoms with Crippen molar-refractivity contribution in [1.29, 1.82) is 0 Å². The molecule has 1 N–H and O–H groups in total. The summed E-state index contributed by atoms with van der Waals surface area (Å²) in [5.41, 5.74) is 4.45. The van der Waals surface area contributed by atoms with E-state index in [9.17, 15) is 4.79 Å². The smallest absolute Gasteiger partial charge is 0.338 e. The van der Waals surface area contributed by atoms with Crippen LogP contribution < -0.4 is 5.32 Å². The van der Waals surface area contributed by atoms with Crippen molar-refractivity contribution in [2.45, 2.75) is 19.9 Å². The van der Waals surface area contributed by atoms with E-state index in [1.54, 1.807) is 11.3 Å². The van der Waals surface area contributed by atoms with Crippen LogP contribution in [0.3, 0.4) is 0 Å². The van der Waals surface area contributed by atoms with Crippen LogP contribution in [0.25, 0.3) is 11.0 Å². The molecule has 0 saturated carbocycles. The van der Waals surface area contributed by atoms with Gasteiger partial charge >= 0.3 is 5.97 Å². The van der Waals surface area contributed by atoms with E-state index in [1.165, 1.54) is 7.11 Å². The maximum atomic E-state index is 12.5. The standard InChI is InChI=1S/C18H17N3O2S/c1-10-8-9-24-16(10)15-14(17(22)23-3)11(2)19-18-20-12-6-4-5-7-13(12)21(15)18/h4-9,15H,1-3H3,(H,19,20)/t15-/m0/s1. The number of rotatable bonds is 2. The Hall–Kier alpha value is -2.60. The number of thiophene rings is 1. The van der Waals surface area contributed by atoms with E-state index in [1.807, 2.05) is 31.2 Å². The molecular formula is C18H17N3O2S. The van der Waals surface area contributed by atoms with Crippen molar-refractivity contribution in [2.24, 2.45) is 0 Å². The second-order valence-electron chi connectivity index (χ2n) is 5.82. The molecule has 1 atom stereocenters. The zero-order valence-corrected chi connectivity index (χ0v) is 14.5. The molecule has 1 aliphatic heterocycles. The highest BCUT2D eigenvalue weighted by Crippen LogP contribution is 2.42. The van der Waals surface area contributed by atoms with Crippen LogP contribution in [0.5, 0.6) is 0 Å². The van der Waals surface area contributed by atoms with Crippen molar-refractivity contribution < 1.29 is 9.53 Å². The minimum Gasteiger partial charge on any atom is -0.466 e. The number of hydrogen-bond donors (Lipinski definition) is 1. The van der Waals surface area contributed by atoms with Crippen LogP contribution in [0.1, 0.15) is 23.4 Å². The van der Waals surface area contributed by atoms with Crippen molar-refractivity contribution in [1.82, 2.24) is 9.55 Å². The number of benzene rings is 1. The van der Waals surface area contributed by atoms with E-state index >= 15 is 0 Å². The summed E-state index contributed by atoms with van der Waals surface area (Å²) in [6.45, 7) is 3.96. The molecule has 1 aromatic carbocycles. The zero-order valence-electron chi connectivity index (χ0n) is 13.7. The van der Waals surface area contributed by atoms with Gasteiger partial charge in [0.2, 0.25) is 5.95 Å². The first kappa shape index (κ1) is 15.0. The van der Waals surface area contributed by atoms with E-state index in [2.05, 4.69) is 33.2 Å². The van der Waals surface area contributed by atoms with Crippen molar-refractivity contribution in [2.75, 3.05) is 12.4 Å². The SMILES string of the molecule is COC(=O)C1=C(C)Nc2nc3ccccc3n2[C@@H]1c1sccc1C. The predicted molar refractivity (Wildman–Crippen MR) is 95.3 cm³/mol. The fraction of sp³-hybridized carbons (Fsp3) is 0.222. The number of hydrogen-bond acceptors (Lipinski definition) is 5. The van der Waals surface area contributed by atoms with E-state index in [4.69, 9.17) is 4.74 Å². The van der Waals surface area contributed by atoms with Crippen LogP contribution in [-0.4, -0.2) is 22.6 Å². The molecule has 3 aromatic rings. The van der Waals surface area contributed by atoms with Gasteiger partial charge in [-0.25, -0.2) is 9.78 Å². The molecule has 0 saturated heterocycles. The Morgan fingerprint density at radius 3 is 2.79 bits per heavy atom. The zero-order chi connectivity index (χ0) is 16.8. The van der Waals surface area contributed by atoms with E-state index < -0.39 is 0 Å². The number of nitrogens with one attached hydrogen (secondary N) is 1. The maximum Gasteiger partial charge on any atom is 0.338 e. The second-order valence-corrected chi connectivity index (χ2v) is 6.77. The van der Waals surface area contributed by atoms with Crippen LogP contribution in [0.4, 0.5) is 5.95 Å². The maximum absolute atomic E-state index is 12.5. The highest BCUT2D eigenvalue weighted by Gasteiger charge is 2.35. The van der Waals surface area contributed by atoms with Gasteiger partial charge in [0.1, 0.15) is 6.04 Å². The molecule has 0 fully saturated rings. The number of allylic oxidation sites excluding steroid dienone is 1. The van der Waals surface area contributed by atoms with Gasteiger partial charge in [-0.15, -0.1) is 11.3 Å². The van der Waals surface area contributed by atoms with Gasteiger partial charge in [-0.05, 0) is 43.0 Å². The Bertz CT molecular complexity index is 983. The first-order chi connectivity index (χ1) is 11.6. The molecule has 0 aliphatic carbocycles. The summed E-state index contributed by atoms with van der Waals surface area (Å²) in [6.07, 6.45) is 0. The average molecular weight is 339 g/mol. The van der Waals surface area contributed by atoms with Crippen LogP contribution >= 0.6 is 11.3 Å². The highest BCUT2D eigenvalue weighted by atomic mass is 32.1. The number of aromatic nitrogens is 2. The molecule has 1 aliphatic rings. The van der Waals surface area contributed by atoms with Crippen molar-refractivity contribution in [3.63, 3.8) is 0 Å².